The van der Waals surface area contributed by atoms with Crippen molar-refractivity contribution in [2.45, 2.75) is 71.2 Å². The van der Waals surface area contributed by atoms with E-state index in [1.807, 2.05) is 0 Å². The van der Waals surface area contributed by atoms with Crippen LogP contribution < -0.4 is 0 Å². The number of carbonyl (C=O) groups excluding carboxylic acids is 3. The highest BCUT2D eigenvalue weighted by Gasteiger charge is 2.77. The molecule has 0 bridgehead atoms. The van der Waals surface area contributed by atoms with E-state index in [1.165, 1.54) is 13.0 Å². The van der Waals surface area contributed by atoms with Crippen molar-refractivity contribution in [1.82, 2.24) is 0 Å². The van der Waals surface area contributed by atoms with Gasteiger partial charge in [0.1, 0.15) is 18.3 Å². The van der Waals surface area contributed by atoms with E-state index >= 15 is 0 Å². The Labute approximate surface area is 180 Å². The smallest absolute Gasteiger partial charge is 0.335 e. The number of hydrogen-bond donors (Lipinski definition) is 4. The zero-order valence-electron chi connectivity index (χ0n) is 18.2. The van der Waals surface area contributed by atoms with E-state index in [-0.39, 0.29) is 0 Å². The van der Waals surface area contributed by atoms with E-state index in [1.54, 1.807) is 27.7 Å². The van der Waals surface area contributed by atoms with Gasteiger partial charge in [0.2, 0.25) is 0 Å². The van der Waals surface area contributed by atoms with Crippen molar-refractivity contribution in [2.24, 2.45) is 34.5 Å². The van der Waals surface area contributed by atoms with Crippen molar-refractivity contribution in [3.8, 4) is 0 Å². The average molecular weight is 438 g/mol. The molecule has 9 nitrogen and oxygen atoms in total. The molecule has 1 saturated heterocycles. The molecule has 31 heavy (non-hydrogen) atoms. The number of fused-ring (bicyclic) bond motifs is 2. The number of aliphatic hydroxyl groups excluding tert-OH is 4. The Hall–Kier alpha value is -1.81. The molecular formula is C22H30O9. The highest BCUT2D eigenvalue weighted by Crippen LogP contribution is 2.68. The van der Waals surface area contributed by atoms with Gasteiger partial charge in [-0.3, -0.25) is 9.59 Å². The topological polar surface area (TPSA) is 151 Å². The summed E-state index contributed by atoms with van der Waals surface area (Å²) in [5, 5.41) is 44.0. The van der Waals surface area contributed by atoms with Crippen LogP contribution in [0.5, 0.6) is 0 Å². The number of rotatable bonds is 1. The molecule has 0 aromatic heterocycles. The Balaban J connectivity index is 2.03. The molecule has 4 N–H and O–H groups in total. The summed E-state index contributed by atoms with van der Waals surface area (Å²) >= 11 is 0. The predicted molar refractivity (Wildman–Crippen MR) is 104 cm³/mol. The van der Waals surface area contributed by atoms with E-state index < -0.39 is 88.8 Å². The van der Waals surface area contributed by atoms with Crippen LogP contribution in [0, 0.1) is 34.5 Å². The molecule has 4 aliphatic rings. The third-order valence-electron chi connectivity index (χ3n) is 8.61. The molecular weight excluding hydrogens is 408 g/mol. The lowest BCUT2D eigenvalue weighted by molar-refractivity contribution is -0.325. The Kier molecular flexibility index (Phi) is 4.94. The second kappa shape index (κ2) is 6.84. The summed E-state index contributed by atoms with van der Waals surface area (Å²) in [6, 6.07) is 0. The third-order valence-corrected chi connectivity index (χ3v) is 8.61. The van der Waals surface area contributed by atoms with Crippen molar-refractivity contribution < 1.29 is 44.3 Å². The summed E-state index contributed by atoms with van der Waals surface area (Å²) in [7, 11) is 0. The molecule has 0 spiro atoms. The molecule has 0 aromatic rings. The average Bonchev–Trinajstić information content (AvgIpc) is 2.66. The van der Waals surface area contributed by atoms with Crippen LogP contribution in [-0.4, -0.2) is 74.8 Å². The van der Waals surface area contributed by atoms with Crippen LogP contribution in [0.2, 0.25) is 0 Å². The summed E-state index contributed by atoms with van der Waals surface area (Å²) in [4.78, 5) is 37.3. The predicted octanol–water partition coefficient (Wildman–Crippen LogP) is -0.659. The maximum Gasteiger partial charge on any atom is 0.335 e. The van der Waals surface area contributed by atoms with Crippen LogP contribution in [0.15, 0.2) is 11.6 Å². The SMILES string of the molecule is CC(=O)O[C@H]1[C@H]2OC(=O)[C@H](O)[C@H]3[C@@H](C)[C@@H](O)[C@H](O)[C@@H]([C@]32C)[C@@]2(C)[C@H](O)C(=O)C=C(C)[C@H]12. The first-order chi connectivity index (χ1) is 14.3. The Morgan fingerprint density at radius 3 is 2.29 bits per heavy atom. The molecule has 1 heterocycles. The van der Waals surface area contributed by atoms with Crippen molar-refractivity contribution in [3.05, 3.63) is 11.6 Å². The standard InChI is InChI=1S/C22H30O9/c1-7-6-10(24)18(28)21(4)11(7)16(30-9(3)23)19-22(5)12(14(26)20(29)31-19)8(2)13(25)15(27)17(21)22/h6,8,11-19,25-28H,1-5H3/t8-,11-,12-,13-,14-,15+,16-,17-,18-,19-,21+,22+/m1/s1. The summed E-state index contributed by atoms with van der Waals surface area (Å²) < 4.78 is 11.3. The van der Waals surface area contributed by atoms with Gasteiger partial charge < -0.3 is 29.9 Å². The highest BCUT2D eigenvalue weighted by atomic mass is 16.6. The molecule has 9 heteroatoms. The van der Waals surface area contributed by atoms with Crippen LogP contribution in [-0.2, 0) is 23.9 Å². The van der Waals surface area contributed by atoms with Gasteiger partial charge >= 0.3 is 11.9 Å². The molecule has 172 valence electrons. The Bertz CT molecular complexity index is 867. The maximum absolute atomic E-state index is 12.7. The van der Waals surface area contributed by atoms with Crippen LogP contribution in [0.1, 0.15) is 34.6 Å². The fourth-order valence-corrected chi connectivity index (χ4v) is 7.62. The Morgan fingerprint density at radius 1 is 1.10 bits per heavy atom. The fourth-order valence-electron chi connectivity index (χ4n) is 7.62. The van der Waals surface area contributed by atoms with Gasteiger partial charge in [0, 0.05) is 35.5 Å². The molecule has 0 radical (unpaired) electrons. The summed E-state index contributed by atoms with van der Waals surface area (Å²) in [6.45, 7) is 7.84. The molecule has 3 fully saturated rings. The quantitative estimate of drug-likeness (QED) is 0.391. The molecule has 0 amide bonds. The van der Waals surface area contributed by atoms with Gasteiger partial charge in [-0.2, -0.15) is 0 Å². The van der Waals surface area contributed by atoms with Crippen LogP contribution >= 0.6 is 0 Å². The van der Waals surface area contributed by atoms with Gasteiger partial charge in [-0.25, -0.2) is 4.79 Å². The minimum absolute atomic E-state index is 0.519. The van der Waals surface area contributed by atoms with E-state index in [2.05, 4.69) is 0 Å². The van der Waals surface area contributed by atoms with Gasteiger partial charge in [-0.1, -0.05) is 26.3 Å². The number of aliphatic hydroxyl groups is 4. The first-order valence-electron chi connectivity index (χ1n) is 10.6. The lowest BCUT2D eigenvalue weighted by Gasteiger charge is -2.70. The molecule has 0 aromatic carbocycles. The first-order valence-corrected chi connectivity index (χ1v) is 10.6. The van der Waals surface area contributed by atoms with Gasteiger partial charge in [0.25, 0.3) is 0 Å². The van der Waals surface area contributed by atoms with Gasteiger partial charge in [-0.15, -0.1) is 0 Å². The zero-order chi connectivity index (χ0) is 23.2. The second-order valence-corrected chi connectivity index (χ2v) is 10.1. The van der Waals surface area contributed by atoms with Crippen LogP contribution in [0.4, 0.5) is 0 Å². The normalized spacial score (nSPS) is 53.6. The van der Waals surface area contributed by atoms with E-state index in [4.69, 9.17) is 9.47 Å². The molecule has 3 aliphatic carbocycles. The summed E-state index contributed by atoms with van der Waals surface area (Å²) in [6.07, 6.45) is -6.62. The van der Waals surface area contributed by atoms with E-state index in [0.29, 0.717) is 5.57 Å². The largest absolute Gasteiger partial charge is 0.458 e. The monoisotopic (exact) mass is 438 g/mol. The van der Waals surface area contributed by atoms with Crippen molar-refractivity contribution >= 4 is 17.7 Å². The second-order valence-electron chi connectivity index (χ2n) is 10.1. The van der Waals surface area contributed by atoms with E-state index in [9.17, 15) is 34.8 Å². The van der Waals surface area contributed by atoms with Gasteiger partial charge in [-0.05, 0) is 18.9 Å². The fraction of sp³-hybridized carbons (Fsp3) is 0.773. The van der Waals surface area contributed by atoms with Gasteiger partial charge in [0.05, 0.1) is 12.2 Å². The number of ketones is 1. The molecule has 2 saturated carbocycles. The molecule has 4 rings (SSSR count). The van der Waals surface area contributed by atoms with Crippen molar-refractivity contribution in [3.63, 3.8) is 0 Å². The zero-order valence-corrected chi connectivity index (χ0v) is 18.2. The minimum atomic E-state index is -1.58. The highest BCUT2D eigenvalue weighted by molar-refractivity contribution is 5.96. The van der Waals surface area contributed by atoms with E-state index in [0.717, 1.165) is 0 Å². The number of hydrogen-bond acceptors (Lipinski definition) is 9. The minimum Gasteiger partial charge on any atom is -0.458 e. The Morgan fingerprint density at radius 2 is 1.71 bits per heavy atom. The summed E-state index contributed by atoms with van der Waals surface area (Å²) in [5.74, 6) is -5.33. The molecule has 0 unspecified atom stereocenters. The summed E-state index contributed by atoms with van der Waals surface area (Å²) in [5.41, 5.74) is -2.04. The maximum atomic E-state index is 12.7. The molecule has 1 aliphatic heterocycles. The number of carbonyl (C=O) groups is 3. The van der Waals surface area contributed by atoms with Crippen LogP contribution in [0.3, 0.4) is 0 Å². The first kappa shape index (κ1) is 22.4. The number of ether oxygens (including phenoxy) is 2. The van der Waals surface area contributed by atoms with Crippen molar-refractivity contribution in [2.75, 3.05) is 0 Å². The van der Waals surface area contributed by atoms with Crippen LogP contribution in [0.25, 0.3) is 0 Å². The lowest BCUT2D eigenvalue weighted by Crippen LogP contribution is -2.79. The lowest BCUT2D eigenvalue weighted by atomic mass is 9.37. The third kappa shape index (κ3) is 2.60. The van der Waals surface area contributed by atoms with Gasteiger partial charge in [0.15, 0.2) is 11.9 Å². The number of esters is 2. The van der Waals surface area contributed by atoms with Crippen molar-refractivity contribution in [1.29, 1.82) is 0 Å². The molecule has 12 atom stereocenters.